The van der Waals surface area contributed by atoms with E-state index < -0.39 is 0 Å². The molecule has 0 amide bonds. The second-order valence-electron chi connectivity index (χ2n) is 3.55. The summed E-state index contributed by atoms with van der Waals surface area (Å²) in [5.74, 6) is -0.213. The average molecular weight is 229 g/mol. The Balaban J connectivity index is 2.60. The van der Waals surface area contributed by atoms with Gasteiger partial charge in [0, 0.05) is 17.9 Å². The summed E-state index contributed by atoms with van der Waals surface area (Å²) in [4.78, 5) is 11.5. The van der Waals surface area contributed by atoms with Gasteiger partial charge in [-0.3, -0.25) is 4.79 Å². The summed E-state index contributed by atoms with van der Waals surface area (Å²) in [6.07, 6.45) is 2.78. The van der Waals surface area contributed by atoms with Gasteiger partial charge in [-0.1, -0.05) is 31.0 Å². The van der Waals surface area contributed by atoms with Crippen LogP contribution in [0.4, 0.5) is 4.39 Å². The Kier molecular flexibility index (Phi) is 4.76. The van der Waals surface area contributed by atoms with Crippen molar-refractivity contribution in [2.45, 2.75) is 32.6 Å². The maximum absolute atomic E-state index is 12.7. The number of halogens is 2. The highest BCUT2D eigenvalue weighted by Gasteiger charge is 2.07. The molecule has 1 nitrogen and oxygen atoms in total. The lowest BCUT2D eigenvalue weighted by Gasteiger charge is -2.03. The van der Waals surface area contributed by atoms with E-state index in [9.17, 15) is 9.18 Å². The molecule has 0 fully saturated rings. The molecule has 1 aromatic carbocycles. The first kappa shape index (κ1) is 12.2. The summed E-state index contributed by atoms with van der Waals surface area (Å²) >= 11 is 5.82. The van der Waals surface area contributed by atoms with Gasteiger partial charge in [0.05, 0.1) is 0 Å². The summed E-state index contributed by atoms with van der Waals surface area (Å²) in [6, 6.07) is 4.14. The molecule has 0 radical (unpaired) electrons. The molecule has 0 spiro atoms. The molecule has 0 aromatic heterocycles. The molecular weight excluding hydrogens is 215 g/mol. The SMILES string of the molecule is CCCCC(=O)Cc1ccc(F)cc1Cl. The van der Waals surface area contributed by atoms with Gasteiger partial charge in [0.1, 0.15) is 11.6 Å². The monoisotopic (exact) mass is 228 g/mol. The minimum Gasteiger partial charge on any atom is -0.299 e. The summed E-state index contributed by atoms with van der Waals surface area (Å²) in [7, 11) is 0. The van der Waals surface area contributed by atoms with Crippen LogP contribution in [0.1, 0.15) is 31.7 Å². The van der Waals surface area contributed by atoms with Crippen molar-refractivity contribution in [3.05, 3.63) is 34.6 Å². The quantitative estimate of drug-likeness (QED) is 0.750. The van der Waals surface area contributed by atoms with E-state index in [0.29, 0.717) is 23.4 Å². The third-order valence-electron chi connectivity index (χ3n) is 2.21. The summed E-state index contributed by atoms with van der Waals surface area (Å²) in [6.45, 7) is 2.04. The van der Waals surface area contributed by atoms with E-state index >= 15 is 0 Å². The number of carbonyl (C=O) groups excluding carboxylic acids is 1. The lowest BCUT2D eigenvalue weighted by atomic mass is 10.1. The van der Waals surface area contributed by atoms with Crippen LogP contribution >= 0.6 is 11.6 Å². The molecule has 0 aliphatic heterocycles. The number of hydrogen-bond acceptors (Lipinski definition) is 1. The molecule has 0 saturated carbocycles. The number of rotatable bonds is 5. The highest BCUT2D eigenvalue weighted by atomic mass is 35.5. The fourth-order valence-corrected chi connectivity index (χ4v) is 1.57. The maximum atomic E-state index is 12.7. The minimum absolute atomic E-state index is 0.158. The van der Waals surface area contributed by atoms with E-state index in [0.717, 1.165) is 12.8 Å². The van der Waals surface area contributed by atoms with Crippen LogP contribution in [0.2, 0.25) is 5.02 Å². The standard InChI is InChI=1S/C12H14ClFO/c1-2-3-4-11(15)7-9-5-6-10(14)8-12(9)13/h5-6,8H,2-4,7H2,1H3. The molecule has 0 unspecified atom stereocenters. The summed E-state index contributed by atoms with van der Waals surface area (Å²) in [5, 5.41) is 0.333. The first-order chi connectivity index (χ1) is 7.13. The minimum atomic E-state index is -0.371. The average Bonchev–Trinajstić information content (AvgIpc) is 2.19. The Hall–Kier alpha value is -0.890. The van der Waals surface area contributed by atoms with Gasteiger partial charge in [-0.25, -0.2) is 4.39 Å². The number of ketones is 1. The van der Waals surface area contributed by atoms with Crippen molar-refractivity contribution in [1.82, 2.24) is 0 Å². The van der Waals surface area contributed by atoms with Crippen molar-refractivity contribution in [1.29, 1.82) is 0 Å². The lowest BCUT2D eigenvalue weighted by Crippen LogP contribution is -2.02. The molecule has 0 heterocycles. The number of benzene rings is 1. The van der Waals surface area contributed by atoms with E-state index in [2.05, 4.69) is 0 Å². The van der Waals surface area contributed by atoms with Gasteiger partial charge in [0.15, 0.2) is 0 Å². The summed E-state index contributed by atoms with van der Waals surface area (Å²) in [5.41, 5.74) is 0.708. The van der Waals surface area contributed by atoms with E-state index in [1.165, 1.54) is 12.1 Å². The Labute approximate surface area is 94.3 Å². The van der Waals surface area contributed by atoms with Crippen LogP contribution < -0.4 is 0 Å². The topological polar surface area (TPSA) is 17.1 Å². The van der Waals surface area contributed by atoms with Gasteiger partial charge in [-0.2, -0.15) is 0 Å². The van der Waals surface area contributed by atoms with E-state index in [4.69, 9.17) is 11.6 Å². The number of hydrogen-bond donors (Lipinski definition) is 0. The number of unbranched alkanes of at least 4 members (excludes halogenated alkanes) is 1. The van der Waals surface area contributed by atoms with Crippen LogP contribution in [0.5, 0.6) is 0 Å². The van der Waals surface area contributed by atoms with Crippen LogP contribution in [0.3, 0.4) is 0 Å². The summed E-state index contributed by atoms with van der Waals surface area (Å²) < 4.78 is 12.7. The van der Waals surface area contributed by atoms with Crippen LogP contribution in [0, 0.1) is 5.82 Å². The largest absolute Gasteiger partial charge is 0.299 e. The van der Waals surface area contributed by atoms with Crippen LogP contribution in [-0.4, -0.2) is 5.78 Å². The molecule has 0 aliphatic rings. The number of carbonyl (C=O) groups is 1. The smallest absolute Gasteiger partial charge is 0.137 e. The normalized spacial score (nSPS) is 10.3. The molecule has 3 heteroatoms. The molecule has 0 saturated heterocycles. The molecule has 15 heavy (non-hydrogen) atoms. The zero-order valence-corrected chi connectivity index (χ0v) is 9.48. The third-order valence-corrected chi connectivity index (χ3v) is 2.56. The predicted molar refractivity (Wildman–Crippen MR) is 59.6 cm³/mol. The highest BCUT2D eigenvalue weighted by molar-refractivity contribution is 6.31. The van der Waals surface area contributed by atoms with Crippen molar-refractivity contribution in [2.24, 2.45) is 0 Å². The van der Waals surface area contributed by atoms with Crippen LogP contribution in [-0.2, 0) is 11.2 Å². The molecule has 0 aliphatic carbocycles. The van der Waals surface area contributed by atoms with Crippen molar-refractivity contribution >= 4 is 17.4 Å². The first-order valence-electron chi connectivity index (χ1n) is 5.09. The van der Waals surface area contributed by atoms with E-state index in [1.807, 2.05) is 6.92 Å². The fourth-order valence-electron chi connectivity index (χ4n) is 1.34. The van der Waals surface area contributed by atoms with Gasteiger partial charge in [-0.15, -0.1) is 0 Å². The Morgan fingerprint density at radius 1 is 1.47 bits per heavy atom. The third kappa shape index (κ3) is 4.00. The molecular formula is C12H14ClFO. The zero-order valence-electron chi connectivity index (χ0n) is 8.72. The predicted octanol–water partition coefficient (Wildman–Crippen LogP) is 3.78. The van der Waals surface area contributed by atoms with E-state index in [-0.39, 0.29) is 11.6 Å². The highest BCUT2D eigenvalue weighted by Crippen LogP contribution is 2.18. The molecule has 0 atom stereocenters. The zero-order chi connectivity index (χ0) is 11.3. The fraction of sp³-hybridized carbons (Fsp3) is 0.417. The van der Waals surface area contributed by atoms with Gasteiger partial charge >= 0.3 is 0 Å². The second kappa shape index (κ2) is 5.86. The molecule has 1 aromatic rings. The van der Waals surface area contributed by atoms with Crippen molar-refractivity contribution in [3.63, 3.8) is 0 Å². The van der Waals surface area contributed by atoms with E-state index in [1.54, 1.807) is 6.07 Å². The van der Waals surface area contributed by atoms with Gasteiger partial charge in [0.2, 0.25) is 0 Å². The number of Topliss-reactive ketones (excluding diaryl/α,β-unsaturated/α-hetero) is 1. The van der Waals surface area contributed by atoms with Crippen molar-refractivity contribution in [3.8, 4) is 0 Å². The molecule has 82 valence electrons. The van der Waals surface area contributed by atoms with Gasteiger partial charge in [0.25, 0.3) is 0 Å². The molecule has 0 bridgehead atoms. The Morgan fingerprint density at radius 3 is 2.80 bits per heavy atom. The van der Waals surface area contributed by atoms with Crippen molar-refractivity contribution in [2.75, 3.05) is 0 Å². The maximum Gasteiger partial charge on any atom is 0.137 e. The molecule has 0 N–H and O–H groups in total. The Bertz CT molecular complexity index is 349. The van der Waals surface area contributed by atoms with Crippen LogP contribution in [0.25, 0.3) is 0 Å². The molecule has 1 rings (SSSR count). The van der Waals surface area contributed by atoms with Crippen LogP contribution in [0.15, 0.2) is 18.2 Å². The lowest BCUT2D eigenvalue weighted by molar-refractivity contribution is -0.118. The first-order valence-corrected chi connectivity index (χ1v) is 5.47. The second-order valence-corrected chi connectivity index (χ2v) is 3.96. The van der Waals surface area contributed by atoms with Crippen molar-refractivity contribution < 1.29 is 9.18 Å². The Morgan fingerprint density at radius 2 is 2.20 bits per heavy atom. The van der Waals surface area contributed by atoms with Gasteiger partial charge in [-0.05, 0) is 24.1 Å². The van der Waals surface area contributed by atoms with Gasteiger partial charge < -0.3 is 0 Å².